The molecule has 5 aliphatic rings. The van der Waals surface area contributed by atoms with Gasteiger partial charge in [-0.3, -0.25) is 14.5 Å². The molecule has 0 unspecified atom stereocenters. The van der Waals surface area contributed by atoms with Crippen LogP contribution in [0.2, 0.25) is 0 Å². The Labute approximate surface area is 331 Å². The number of alkyl halides is 1. The molecule has 10 nitrogen and oxygen atoms in total. The lowest BCUT2D eigenvalue weighted by Crippen LogP contribution is -2.64. The average molecular weight is 796 g/mol. The quantitative estimate of drug-likeness (QED) is 0.187. The van der Waals surface area contributed by atoms with Gasteiger partial charge in [-0.05, 0) is 132 Å². The minimum atomic E-state index is -3.62. The zero-order chi connectivity index (χ0) is 39.8. The monoisotopic (exact) mass is 795 g/mol. The standard InChI is InChI=1S/C43H59F2N5O5S/c1-31(24-46(2)3)41(52)49-25-38(26-49)56(53,54)37-14-12-36(13-15-37)50-28-42(45,29-50)27-48-20-16-33(17-21-48)43(30-47-18-7-19-47,34-9-6-10-35(44)23-34)39-11-5-8-32(39)22-40(51)55-4/h6,9-10,12-15,23,32-33,38-39H,1,5,7-8,11,16-22,24-30H2,2-4H3/t32-,39+,43+/m1/s1. The van der Waals surface area contributed by atoms with Gasteiger partial charge in [0.2, 0.25) is 0 Å². The number of carbonyl (C=O) groups is 2. The molecule has 1 saturated carbocycles. The van der Waals surface area contributed by atoms with Crippen LogP contribution in [0.25, 0.3) is 0 Å². The van der Waals surface area contributed by atoms with E-state index < -0.39 is 20.8 Å². The smallest absolute Gasteiger partial charge is 0.305 e. The van der Waals surface area contributed by atoms with Gasteiger partial charge in [0.25, 0.3) is 5.91 Å². The number of piperidine rings is 1. The molecule has 5 fully saturated rings. The topological polar surface area (TPSA) is 93.7 Å². The molecule has 1 amide bonds. The van der Waals surface area contributed by atoms with Crippen LogP contribution in [-0.4, -0.2) is 144 Å². The number of hydrogen-bond acceptors (Lipinski definition) is 9. The van der Waals surface area contributed by atoms with Crippen molar-refractivity contribution in [1.82, 2.24) is 19.6 Å². The molecular weight excluding hydrogens is 737 g/mol. The number of esters is 1. The van der Waals surface area contributed by atoms with Crippen LogP contribution in [0.5, 0.6) is 0 Å². The van der Waals surface area contributed by atoms with Crippen molar-refractivity contribution in [1.29, 1.82) is 0 Å². The number of anilines is 1. The molecule has 4 heterocycles. The Hall–Kier alpha value is -3.39. The lowest BCUT2D eigenvalue weighted by atomic mass is 9.56. The summed E-state index contributed by atoms with van der Waals surface area (Å²) in [5.74, 6) is 0.0231. The van der Waals surface area contributed by atoms with Crippen LogP contribution in [-0.2, 0) is 29.6 Å². The SMILES string of the molecule is C=C(CN(C)C)C(=O)N1CC(S(=O)(=O)c2ccc(N3CC(F)(CN4CCC([C@@](CN5CCC5)(c5cccc(F)c5)[C@H]5CCC[C@@H]5CC(=O)OC)CC4)C3)cc2)C1. The molecule has 2 aromatic carbocycles. The second-order valence-electron chi connectivity index (χ2n) is 17.5. The zero-order valence-electron chi connectivity index (χ0n) is 33.3. The highest BCUT2D eigenvalue weighted by Crippen LogP contribution is 2.54. The molecule has 306 valence electrons. The zero-order valence-corrected chi connectivity index (χ0v) is 34.1. The number of methoxy groups -OCH3 is 1. The summed E-state index contributed by atoms with van der Waals surface area (Å²) in [6.07, 6.45) is 6.29. The number of benzene rings is 2. The molecule has 1 aliphatic carbocycles. The molecule has 0 bridgehead atoms. The van der Waals surface area contributed by atoms with Crippen molar-refractivity contribution in [3.8, 4) is 0 Å². The van der Waals surface area contributed by atoms with Crippen LogP contribution in [0.3, 0.4) is 0 Å². The van der Waals surface area contributed by atoms with E-state index in [0.29, 0.717) is 25.1 Å². The van der Waals surface area contributed by atoms with Crippen LogP contribution >= 0.6 is 0 Å². The van der Waals surface area contributed by atoms with Gasteiger partial charge < -0.3 is 24.3 Å². The lowest BCUT2D eigenvalue weighted by Gasteiger charge is -2.54. The van der Waals surface area contributed by atoms with Gasteiger partial charge in [-0.1, -0.05) is 25.1 Å². The Kier molecular flexibility index (Phi) is 12.0. The predicted octanol–water partition coefficient (Wildman–Crippen LogP) is 4.79. The fourth-order valence-electron chi connectivity index (χ4n) is 10.5. The molecular formula is C43H59F2N5O5S. The highest BCUT2D eigenvalue weighted by Gasteiger charge is 2.54. The third-order valence-corrected chi connectivity index (χ3v) is 15.6. The maximum atomic E-state index is 16.3. The van der Waals surface area contributed by atoms with Crippen LogP contribution in [0.4, 0.5) is 14.5 Å². The van der Waals surface area contributed by atoms with E-state index in [1.165, 1.54) is 18.1 Å². The number of carbonyl (C=O) groups excluding carboxylic acids is 2. The van der Waals surface area contributed by atoms with Gasteiger partial charge in [-0.15, -0.1) is 0 Å². The van der Waals surface area contributed by atoms with Gasteiger partial charge in [0.05, 0.1) is 25.1 Å². The molecule has 2 aromatic rings. The first-order chi connectivity index (χ1) is 26.7. The Morgan fingerprint density at radius 3 is 2.27 bits per heavy atom. The van der Waals surface area contributed by atoms with Crippen molar-refractivity contribution in [2.75, 3.05) is 98.1 Å². The van der Waals surface area contributed by atoms with E-state index in [9.17, 15) is 18.0 Å². The molecule has 0 spiro atoms. The van der Waals surface area contributed by atoms with Crippen LogP contribution in [0.15, 0.2) is 65.6 Å². The van der Waals surface area contributed by atoms with Crippen molar-refractivity contribution in [2.24, 2.45) is 17.8 Å². The van der Waals surface area contributed by atoms with Gasteiger partial charge in [0.15, 0.2) is 15.5 Å². The number of halogens is 2. The average Bonchev–Trinajstić information content (AvgIpc) is 3.58. The maximum absolute atomic E-state index is 16.3. The van der Waals surface area contributed by atoms with E-state index in [1.807, 2.05) is 30.0 Å². The van der Waals surface area contributed by atoms with E-state index in [1.54, 1.807) is 30.3 Å². The predicted molar refractivity (Wildman–Crippen MR) is 214 cm³/mol. The van der Waals surface area contributed by atoms with Gasteiger partial charge in [-0.2, -0.15) is 0 Å². The molecule has 13 heteroatoms. The minimum absolute atomic E-state index is 0.143. The first-order valence-electron chi connectivity index (χ1n) is 20.4. The Balaban J connectivity index is 0.969. The minimum Gasteiger partial charge on any atom is -0.469 e. The number of sulfone groups is 1. The summed E-state index contributed by atoms with van der Waals surface area (Å²) >= 11 is 0. The van der Waals surface area contributed by atoms with E-state index in [2.05, 4.69) is 22.4 Å². The van der Waals surface area contributed by atoms with Crippen molar-refractivity contribution in [2.45, 2.75) is 66.2 Å². The van der Waals surface area contributed by atoms with Crippen molar-refractivity contribution in [3.05, 3.63) is 72.1 Å². The molecule has 0 N–H and O–H groups in total. The third kappa shape index (κ3) is 8.29. The summed E-state index contributed by atoms with van der Waals surface area (Å²) in [5, 5.41) is -0.662. The molecule has 4 saturated heterocycles. The van der Waals surface area contributed by atoms with Crippen LogP contribution in [0, 0.1) is 23.6 Å². The normalized spacial score (nSPS) is 24.6. The maximum Gasteiger partial charge on any atom is 0.305 e. The summed E-state index contributed by atoms with van der Waals surface area (Å²) in [6, 6.07) is 13.9. The molecule has 7 rings (SSSR count). The first-order valence-corrected chi connectivity index (χ1v) is 21.9. The first kappa shape index (κ1) is 40.8. The van der Waals surface area contributed by atoms with Crippen LogP contribution in [0.1, 0.15) is 50.5 Å². The number of likely N-dealkylation sites (N-methyl/N-ethyl adjacent to an activating group) is 1. The number of amides is 1. The Morgan fingerprint density at radius 1 is 0.964 bits per heavy atom. The van der Waals surface area contributed by atoms with Crippen LogP contribution < -0.4 is 4.90 Å². The largest absolute Gasteiger partial charge is 0.469 e. The second kappa shape index (κ2) is 16.5. The van der Waals surface area contributed by atoms with Gasteiger partial charge in [-0.25, -0.2) is 17.2 Å². The van der Waals surface area contributed by atoms with E-state index in [4.69, 9.17) is 4.74 Å². The number of hydrogen-bond donors (Lipinski definition) is 0. The second-order valence-corrected chi connectivity index (χ2v) is 19.8. The summed E-state index contributed by atoms with van der Waals surface area (Å²) in [7, 11) is 1.53. The number of nitrogens with zero attached hydrogens (tertiary/aromatic N) is 5. The van der Waals surface area contributed by atoms with Gasteiger partial charge in [0, 0.05) is 55.8 Å². The Bertz CT molecular complexity index is 1850. The van der Waals surface area contributed by atoms with Gasteiger partial charge >= 0.3 is 5.97 Å². The molecule has 56 heavy (non-hydrogen) atoms. The van der Waals surface area contributed by atoms with E-state index >= 15 is 8.78 Å². The summed E-state index contributed by atoms with van der Waals surface area (Å²) in [6.45, 7) is 9.75. The van der Waals surface area contributed by atoms with Gasteiger partial charge in [0.1, 0.15) is 11.1 Å². The summed E-state index contributed by atoms with van der Waals surface area (Å²) < 4.78 is 63.1. The summed E-state index contributed by atoms with van der Waals surface area (Å²) in [5.41, 5.74) is 0.548. The van der Waals surface area contributed by atoms with Crippen molar-refractivity contribution >= 4 is 27.4 Å². The highest BCUT2D eigenvalue weighted by molar-refractivity contribution is 7.92. The van der Waals surface area contributed by atoms with E-state index in [0.717, 1.165) is 82.5 Å². The fraction of sp³-hybridized carbons (Fsp3) is 0.628. The number of rotatable bonds is 15. The highest BCUT2D eigenvalue weighted by atomic mass is 32.2. The van der Waals surface area contributed by atoms with Crippen molar-refractivity contribution < 1.29 is 31.5 Å². The summed E-state index contributed by atoms with van der Waals surface area (Å²) in [4.78, 5) is 35.5. The number of likely N-dealkylation sites (tertiary alicyclic amines) is 3. The van der Waals surface area contributed by atoms with E-state index in [-0.39, 0.29) is 71.9 Å². The third-order valence-electron chi connectivity index (χ3n) is 13.5. The molecule has 0 aromatic heterocycles. The number of ether oxygens (including phenoxy) is 1. The Morgan fingerprint density at radius 2 is 1.66 bits per heavy atom. The molecule has 0 radical (unpaired) electrons. The van der Waals surface area contributed by atoms with Crippen molar-refractivity contribution in [3.63, 3.8) is 0 Å². The fourth-order valence-corrected chi connectivity index (χ4v) is 12.1. The molecule has 3 atom stereocenters. The lowest BCUT2D eigenvalue weighted by molar-refractivity contribution is -0.142. The molecule has 4 aliphatic heterocycles.